The molecule has 0 fully saturated rings. The average molecular weight is 284 g/mol. The number of hydrogen-bond donors (Lipinski definition) is 1. The molecule has 0 aliphatic rings. The summed E-state index contributed by atoms with van der Waals surface area (Å²) in [5.74, 6) is 1.33. The Morgan fingerprint density at radius 3 is 2.12 bits per heavy atom. The van der Waals surface area contributed by atoms with Gasteiger partial charge in [0.15, 0.2) is 0 Å². The van der Waals surface area contributed by atoms with Crippen LogP contribution in [0.3, 0.4) is 0 Å². The number of rotatable bonds is 5. The molecule has 0 aliphatic carbocycles. The van der Waals surface area contributed by atoms with Crippen LogP contribution >= 0.6 is 15.9 Å². The normalized spacial score (nSPS) is 15.1. The van der Waals surface area contributed by atoms with Crippen molar-refractivity contribution >= 4 is 15.9 Å². The standard InChI is InChI=1S/C14H22BrN/c1-10(2)14(16-4)11(3)9-12-5-7-13(15)8-6-12/h5-8,10-11,14,16H,9H2,1-4H3. The minimum absolute atomic E-state index is 0.587. The lowest BCUT2D eigenvalue weighted by Gasteiger charge is -2.27. The van der Waals surface area contributed by atoms with Crippen molar-refractivity contribution in [3.63, 3.8) is 0 Å². The highest BCUT2D eigenvalue weighted by atomic mass is 79.9. The van der Waals surface area contributed by atoms with Gasteiger partial charge in [0.05, 0.1) is 0 Å². The first-order valence-electron chi connectivity index (χ1n) is 5.96. The van der Waals surface area contributed by atoms with E-state index in [0.717, 1.165) is 10.9 Å². The third kappa shape index (κ3) is 3.91. The second-order valence-corrected chi connectivity index (χ2v) is 5.78. The van der Waals surface area contributed by atoms with Gasteiger partial charge < -0.3 is 5.32 Å². The van der Waals surface area contributed by atoms with Crippen LogP contribution in [0.4, 0.5) is 0 Å². The SMILES string of the molecule is CNC(C(C)C)C(C)Cc1ccc(Br)cc1. The molecule has 1 aromatic rings. The van der Waals surface area contributed by atoms with Crippen LogP contribution in [0.15, 0.2) is 28.7 Å². The number of benzene rings is 1. The molecular weight excluding hydrogens is 262 g/mol. The Bertz CT molecular complexity index is 305. The summed E-state index contributed by atoms with van der Waals surface area (Å²) in [4.78, 5) is 0. The van der Waals surface area contributed by atoms with E-state index in [0.29, 0.717) is 17.9 Å². The molecule has 0 bridgehead atoms. The van der Waals surface area contributed by atoms with Crippen LogP contribution in [0.5, 0.6) is 0 Å². The highest BCUT2D eigenvalue weighted by Gasteiger charge is 2.18. The van der Waals surface area contributed by atoms with Crippen molar-refractivity contribution < 1.29 is 0 Å². The average Bonchev–Trinajstić information content (AvgIpc) is 2.22. The van der Waals surface area contributed by atoms with E-state index in [9.17, 15) is 0 Å². The van der Waals surface area contributed by atoms with Gasteiger partial charge in [-0.05, 0) is 43.0 Å². The molecule has 0 saturated carbocycles. The van der Waals surface area contributed by atoms with E-state index in [1.165, 1.54) is 5.56 Å². The fraction of sp³-hybridized carbons (Fsp3) is 0.571. The van der Waals surface area contributed by atoms with Gasteiger partial charge in [-0.1, -0.05) is 48.8 Å². The molecule has 1 N–H and O–H groups in total. The van der Waals surface area contributed by atoms with Crippen molar-refractivity contribution in [1.29, 1.82) is 0 Å². The molecule has 90 valence electrons. The maximum Gasteiger partial charge on any atom is 0.0175 e. The van der Waals surface area contributed by atoms with Crippen LogP contribution in [0.2, 0.25) is 0 Å². The van der Waals surface area contributed by atoms with E-state index in [1.807, 2.05) is 0 Å². The zero-order valence-electron chi connectivity index (χ0n) is 10.6. The third-order valence-electron chi connectivity index (χ3n) is 3.14. The van der Waals surface area contributed by atoms with Gasteiger partial charge in [-0.2, -0.15) is 0 Å². The van der Waals surface area contributed by atoms with Crippen LogP contribution in [-0.2, 0) is 6.42 Å². The Kier molecular flexibility index (Phi) is 5.50. The summed E-state index contributed by atoms with van der Waals surface area (Å²) in [5.41, 5.74) is 1.41. The van der Waals surface area contributed by atoms with E-state index in [-0.39, 0.29) is 0 Å². The highest BCUT2D eigenvalue weighted by molar-refractivity contribution is 9.10. The van der Waals surface area contributed by atoms with Gasteiger partial charge >= 0.3 is 0 Å². The molecule has 0 aromatic heterocycles. The molecule has 0 heterocycles. The van der Waals surface area contributed by atoms with Crippen LogP contribution in [0.25, 0.3) is 0 Å². The molecule has 0 amide bonds. The minimum atomic E-state index is 0.587. The topological polar surface area (TPSA) is 12.0 Å². The molecule has 16 heavy (non-hydrogen) atoms. The monoisotopic (exact) mass is 283 g/mol. The lowest BCUT2D eigenvalue weighted by atomic mass is 9.87. The maximum absolute atomic E-state index is 3.47. The minimum Gasteiger partial charge on any atom is -0.316 e. The van der Waals surface area contributed by atoms with Crippen LogP contribution in [-0.4, -0.2) is 13.1 Å². The summed E-state index contributed by atoms with van der Waals surface area (Å²) < 4.78 is 1.15. The van der Waals surface area contributed by atoms with Crippen molar-refractivity contribution in [2.24, 2.45) is 11.8 Å². The van der Waals surface area contributed by atoms with Gasteiger partial charge in [-0.25, -0.2) is 0 Å². The second-order valence-electron chi connectivity index (χ2n) is 4.87. The summed E-state index contributed by atoms with van der Waals surface area (Å²) in [7, 11) is 2.06. The van der Waals surface area contributed by atoms with Gasteiger partial charge in [0, 0.05) is 10.5 Å². The Hall–Kier alpha value is -0.340. The fourth-order valence-electron chi connectivity index (χ4n) is 2.39. The van der Waals surface area contributed by atoms with Gasteiger partial charge in [0.2, 0.25) is 0 Å². The van der Waals surface area contributed by atoms with Crippen LogP contribution < -0.4 is 5.32 Å². The Morgan fingerprint density at radius 2 is 1.69 bits per heavy atom. The zero-order valence-corrected chi connectivity index (χ0v) is 12.2. The first-order chi connectivity index (χ1) is 7.54. The summed E-state index contributed by atoms with van der Waals surface area (Å²) in [6, 6.07) is 9.22. The first-order valence-corrected chi connectivity index (χ1v) is 6.75. The Balaban J connectivity index is 2.62. The van der Waals surface area contributed by atoms with E-state index in [1.54, 1.807) is 0 Å². The fourth-order valence-corrected chi connectivity index (χ4v) is 2.66. The summed E-state index contributed by atoms with van der Waals surface area (Å²) in [6.07, 6.45) is 1.14. The Morgan fingerprint density at radius 1 is 1.12 bits per heavy atom. The van der Waals surface area contributed by atoms with Gasteiger partial charge in [0.25, 0.3) is 0 Å². The smallest absolute Gasteiger partial charge is 0.0175 e. The number of halogens is 1. The summed E-state index contributed by atoms with van der Waals surface area (Å²) in [6.45, 7) is 6.88. The predicted octanol–water partition coefficient (Wildman–Crippen LogP) is 3.87. The van der Waals surface area contributed by atoms with Crippen molar-refractivity contribution in [2.45, 2.75) is 33.2 Å². The van der Waals surface area contributed by atoms with Crippen LogP contribution in [0, 0.1) is 11.8 Å². The molecule has 1 aromatic carbocycles. The summed E-state index contributed by atoms with van der Waals surface area (Å²) in [5, 5.41) is 3.42. The third-order valence-corrected chi connectivity index (χ3v) is 3.66. The molecule has 2 heteroatoms. The predicted molar refractivity (Wildman–Crippen MR) is 74.7 cm³/mol. The molecule has 2 atom stereocenters. The van der Waals surface area contributed by atoms with E-state index in [4.69, 9.17) is 0 Å². The first kappa shape index (κ1) is 13.7. The van der Waals surface area contributed by atoms with Gasteiger partial charge in [-0.15, -0.1) is 0 Å². The summed E-state index contributed by atoms with van der Waals surface area (Å²) >= 11 is 3.47. The van der Waals surface area contributed by atoms with E-state index >= 15 is 0 Å². The van der Waals surface area contributed by atoms with E-state index < -0.39 is 0 Å². The lowest BCUT2D eigenvalue weighted by molar-refractivity contribution is 0.314. The molecule has 0 radical (unpaired) electrons. The van der Waals surface area contributed by atoms with Gasteiger partial charge in [-0.3, -0.25) is 0 Å². The molecular formula is C14H22BrN. The van der Waals surface area contributed by atoms with Gasteiger partial charge in [0.1, 0.15) is 0 Å². The highest BCUT2D eigenvalue weighted by Crippen LogP contribution is 2.19. The molecule has 0 saturated heterocycles. The molecule has 0 aliphatic heterocycles. The zero-order chi connectivity index (χ0) is 12.1. The molecule has 0 spiro atoms. The molecule has 1 rings (SSSR count). The number of nitrogens with one attached hydrogen (secondary N) is 1. The molecule has 1 nitrogen and oxygen atoms in total. The van der Waals surface area contributed by atoms with Crippen molar-refractivity contribution in [1.82, 2.24) is 5.32 Å². The second kappa shape index (κ2) is 6.41. The van der Waals surface area contributed by atoms with Crippen molar-refractivity contribution in [2.75, 3.05) is 7.05 Å². The Labute approximate surface area is 108 Å². The quantitative estimate of drug-likeness (QED) is 0.865. The van der Waals surface area contributed by atoms with E-state index in [2.05, 4.69) is 73.3 Å². The number of hydrogen-bond acceptors (Lipinski definition) is 1. The largest absolute Gasteiger partial charge is 0.316 e. The van der Waals surface area contributed by atoms with Crippen molar-refractivity contribution in [3.05, 3.63) is 34.3 Å². The lowest BCUT2D eigenvalue weighted by Crippen LogP contribution is -2.37. The van der Waals surface area contributed by atoms with Crippen molar-refractivity contribution in [3.8, 4) is 0 Å². The maximum atomic E-state index is 3.47. The molecule has 2 unspecified atom stereocenters. The van der Waals surface area contributed by atoms with Crippen LogP contribution in [0.1, 0.15) is 26.3 Å².